The minimum absolute atomic E-state index is 0.0267. The van der Waals surface area contributed by atoms with Gasteiger partial charge in [-0.1, -0.05) is 19.9 Å². The summed E-state index contributed by atoms with van der Waals surface area (Å²) in [5, 5.41) is 228. The monoisotopic (exact) mass is 1310 g/mol. The van der Waals surface area contributed by atoms with Crippen molar-refractivity contribution in [2.24, 2.45) is 28.1 Å². The predicted octanol–water partition coefficient (Wildman–Crippen LogP) is -10.5. The van der Waals surface area contributed by atoms with Crippen LogP contribution in [0.1, 0.15) is 65.2 Å². The van der Waals surface area contributed by atoms with Crippen LogP contribution in [0.4, 0.5) is 0 Å². The number of rotatable bonds is 18. The number of carbonyl (C=O) groups excluding carboxylic acids is 1. The molecule has 518 valence electrons. The lowest BCUT2D eigenvalue weighted by Crippen LogP contribution is -2.68. The molecule has 0 aromatic carbocycles. The van der Waals surface area contributed by atoms with Crippen LogP contribution in [-0.2, 0) is 61.6 Å². The van der Waals surface area contributed by atoms with Gasteiger partial charge >= 0.3 is 5.97 Å². The standard InChI is InChI=1S/C56H90O34/c1-18-45(77)55-9-5-25-53(2,7-4-8-54(25,3)52(78)89-50-43(87-48-39(75)35(71)29(65)21(13-59)81-48)41(31(67)23(15-61)83-50)85-46-37(73)33(69)27(63)19(11-57)79-46)26(55)6-10-56(18,17-55)90-51-44(88-49-40(76)36(72)30(66)22(14-60)82-49)42(32(68)24(16-62)84-51)86-47-38(74)34(70)28(64)20(12-58)80-47/h19-51,57-77H,1,4-17H2,2-3H3/t19?,20?,21?,22?,23?,24?,25-,26-,27?,28?,29?,30?,31?,32?,33?,34?,35?,36?,37?,38?,39?,40?,41?,42?,43?,44?,45-,46?,47?,48?,49?,50?,51?,53+,54+,55+,56?/m0/s1. The molecule has 6 saturated heterocycles. The molecule has 4 saturated carbocycles. The molecule has 34 nitrogen and oxygen atoms in total. The highest BCUT2D eigenvalue weighted by Gasteiger charge is 2.73. The van der Waals surface area contributed by atoms with Crippen LogP contribution >= 0.6 is 0 Å². The number of carbonyl (C=O) groups is 1. The molecule has 31 unspecified atom stereocenters. The first-order chi connectivity index (χ1) is 42.5. The van der Waals surface area contributed by atoms with Gasteiger partial charge < -0.3 is 164 Å². The van der Waals surface area contributed by atoms with Crippen molar-refractivity contribution >= 4 is 5.97 Å². The lowest BCUT2D eigenvalue weighted by molar-refractivity contribution is -0.400. The zero-order valence-corrected chi connectivity index (χ0v) is 49.4. The minimum Gasteiger partial charge on any atom is -0.432 e. The molecule has 4 aliphatic carbocycles. The molecule has 6 aliphatic heterocycles. The Morgan fingerprint density at radius 1 is 0.422 bits per heavy atom. The van der Waals surface area contributed by atoms with Gasteiger partial charge in [0, 0.05) is 5.41 Å². The third-order valence-corrected chi connectivity index (χ3v) is 21.5. The highest BCUT2D eigenvalue weighted by Crippen LogP contribution is 2.74. The summed E-state index contributed by atoms with van der Waals surface area (Å²) in [6, 6.07) is 0. The van der Waals surface area contributed by atoms with E-state index in [4.69, 9.17) is 56.8 Å². The van der Waals surface area contributed by atoms with Crippen LogP contribution in [0.2, 0.25) is 0 Å². The summed E-state index contributed by atoms with van der Waals surface area (Å²) in [6.07, 6.45) is -56.1. The van der Waals surface area contributed by atoms with Gasteiger partial charge in [-0.05, 0) is 74.7 Å². The lowest BCUT2D eigenvalue weighted by atomic mass is 9.40. The first-order valence-electron chi connectivity index (χ1n) is 30.5. The van der Waals surface area contributed by atoms with Crippen LogP contribution in [0.15, 0.2) is 12.2 Å². The summed E-state index contributed by atoms with van der Waals surface area (Å²) in [5.41, 5.74) is -4.71. The summed E-state index contributed by atoms with van der Waals surface area (Å²) in [4.78, 5) is 15.4. The first kappa shape index (κ1) is 70.7. The average Bonchev–Trinajstić information content (AvgIpc) is 1.44. The molecule has 0 aromatic heterocycles. The Kier molecular flexibility index (Phi) is 21.6. The molecular weight excluding hydrogens is 1220 g/mol. The molecule has 10 rings (SSSR count). The molecule has 10 aliphatic rings. The fraction of sp³-hybridized carbons (Fsp3) is 0.946. The Bertz CT molecular complexity index is 2430. The summed E-state index contributed by atoms with van der Waals surface area (Å²) in [6.45, 7) is 2.54. The number of ether oxygens (including phenoxy) is 12. The highest BCUT2D eigenvalue weighted by atomic mass is 16.8. The van der Waals surface area contributed by atoms with Crippen molar-refractivity contribution in [2.45, 2.75) is 261 Å². The van der Waals surface area contributed by atoms with E-state index in [1.165, 1.54) is 0 Å². The molecule has 10 fully saturated rings. The Balaban J connectivity index is 0.934. The van der Waals surface area contributed by atoms with Gasteiger partial charge in [-0.25, -0.2) is 0 Å². The predicted molar refractivity (Wildman–Crippen MR) is 286 cm³/mol. The fourth-order valence-electron chi connectivity index (χ4n) is 16.4. The molecule has 1 spiro atoms. The molecule has 0 amide bonds. The van der Waals surface area contributed by atoms with Crippen LogP contribution < -0.4 is 0 Å². The maximum absolute atomic E-state index is 15.4. The van der Waals surface area contributed by atoms with E-state index in [0.717, 1.165) is 0 Å². The van der Waals surface area contributed by atoms with Gasteiger partial charge in [-0.3, -0.25) is 4.79 Å². The van der Waals surface area contributed by atoms with Crippen molar-refractivity contribution in [3.8, 4) is 0 Å². The fourth-order valence-corrected chi connectivity index (χ4v) is 16.4. The average molecular weight is 1310 g/mol. The Morgan fingerprint density at radius 3 is 1.17 bits per heavy atom. The van der Waals surface area contributed by atoms with E-state index in [9.17, 15) is 107 Å². The van der Waals surface area contributed by atoms with Gasteiger partial charge in [-0.2, -0.15) is 0 Å². The van der Waals surface area contributed by atoms with Crippen LogP contribution in [0.5, 0.6) is 0 Å². The van der Waals surface area contributed by atoms with Gasteiger partial charge in [0.1, 0.15) is 140 Å². The van der Waals surface area contributed by atoms with E-state index in [2.05, 4.69) is 6.58 Å². The molecule has 0 aromatic rings. The number of aliphatic hydroxyl groups is 21. The number of fused-ring (bicyclic) bond motifs is 3. The van der Waals surface area contributed by atoms with E-state index in [0.29, 0.717) is 12.8 Å². The quantitative estimate of drug-likeness (QED) is 0.0344. The SMILES string of the molecule is C=C1[C@H](O)[C@@]23CC[C@H]4[C@@](C)(CCC[C@@]4(C)C(=O)OC4OC(CO)C(O)C(OC5OC(CO)C(O)C(O)C5O)C4OC4OC(CO)C(O)C(O)C4O)[C@@H]2CCC1(OC1OC(CO)C(O)C(OC2OC(CO)C(O)C(O)C2O)C1OC1OC(CO)C(O)C(O)C1O)C3. The van der Waals surface area contributed by atoms with Crippen molar-refractivity contribution in [3.05, 3.63) is 12.2 Å². The molecule has 6 heterocycles. The second-order valence-corrected chi connectivity index (χ2v) is 26.4. The smallest absolute Gasteiger partial charge is 0.314 e. The third-order valence-electron chi connectivity index (χ3n) is 21.5. The maximum Gasteiger partial charge on any atom is 0.314 e. The van der Waals surface area contributed by atoms with E-state index in [1.807, 2.05) is 6.92 Å². The van der Waals surface area contributed by atoms with Gasteiger partial charge in [-0.15, -0.1) is 0 Å². The van der Waals surface area contributed by atoms with Gasteiger partial charge in [0.05, 0.1) is 56.8 Å². The number of hydrogen-bond acceptors (Lipinski definition) is 34. The maximum atomic E-state index is 15.4. The summed E-state index contributed by atoms with van der Waals surface area (Å²) >= 11 is 0. The molecule has 90 heavy (non-hydrogen) atoms. The number of esters is 1. The Labute approximate surface area is 514 Å². The largest absolute Gasteiger partial charge is 0.432 e. The van der Waals surface area contributed by atoms with Gasteiger partial charge in [0.15, 0.2) is 37.6 Å². The first-order valence-corrected chi connectivity index (χ1v) is 30.5. The van der Waals surface area contributed by atoms with Crippen molar-refractivity contribution in [1.29, 1.82) is 0 Å². The molecular formula is C56H90O34. The lowest BCUT2D eigenvalue weighted by Gasteiger charge is -2.64. The van der Waals surface area contributed by atoms with E-state index in [1.54, 1.807) is 6.92 Å². The second kappa shape index (κ2) is 27.4. The number of hydrogen-bond donors (Lipinski definition) is 21. The Hall–Kier alpha value is -2.07. The van der Waals surface area contributed by atoms with Crippen LogP contribution in [0, 0.1) is 28.1 Å². The number of aliphatic hydroxyl groups excluding tert-OH is 21. The zero-order valence-electron chi connectivity index (χ0n) is 49.4. The summed E-state index contributed by atoms with van der Waals surface area (Å²) < 4.78 is 72.5. The normalized spacial score (nSPS) is 54.8. The molecule has 2 bridgehead atoms. The van der Waals surface area contributed by atoms with E-state index < -0.39 is 270 Å². The third kappa shape index (κ3) is 12.0. The van der Waals surface area contributed by atoms with Gasteiger partial charge in [0.2, 0.25) is 6.29 Å². The van der Waals surface area contributed by atoms with E-state index >= 15 is 4.79 Å². The van der Waals surface area contributed by atoms with Crippen molar-refractivity contribution in [2.75, 3.05) is 39.6 Å². The van der Waals surface area contributed by atoms with Crippen LogP contribution in [0.25, 0.3) is 0 Å². The minimum atomic E-state index is -2.10. The Morgan fingerprint density at radius 2 is 0.767 bits per heavy atom. The van der Waals surface area contributed by atoms with Crippen LogP contribution in [-0.4, -0.2) is 349 Å². The summed E-state index contributed by atoms with van der Waals surface area (Å²) in [5.74, 6) is -1.90. The van der Waals surface area contributed by atoms with Crippen molar-refractivity contribution in [3.63, 3.8) is 0 Å². The molecule has 21 N–H and O–H groups in total. The summed E-state index contributed by atoms with van der Waals surface area (Å²) in [7, 11) is 0. The van der Waals surface area contributed by atoms with Crippen molar-refractivity contribution in [1.82, 2.24) is 0 Å². The molecule has 34 heteroatoms. The van der Waals surface area contributed by atoms with Crippen LogP contribution in [0.3, 0.4) is 0 Å². The zero-order chi connectivity index (χ0) is 65.6. The van der Waals surface area contributed by atoms with Crippen molar-refractivity contribution < 1.29 is 169 Å². The molecule has 37 atom stereocenters. The van der Waals surface area contributed by atoms with Gasteiger partial charge in [0.25, 0.3) is 0 Å². The highest BCUT2D eigenvalue weighted by molar-refractivity contribution is 5.77. The topological polar surface area (TPSA) is 553 Å². The second-order valence-electron chi connectivity index (χ2n) is 26.4. The van der Waals surface area contributed by atoms with E-state index in [-0.39, 0.29) is 44.1 Å². The molecule has 0 radical (unpaired) electrons.